The molecule has 1 saturated heterocycles. The van der Waals surface area contributed by atoms with Crippen molar-refractivity contribution in [2.75, 3.05) is 23.3 Å². The quantitative estimate of drug-likeness (QED) is 0.846. The van der Waals surface area contributed by atoms with Crippen LogP contribution in [0.5, 0.6) is 0 Å². The number of piperidine rings is 1. The van der Waals surface area contributed by atoms with Gasteiger partial charge in [-0.3, -0.25) is 4.79 Å². The van der Waals surface area contributed by atoms with Crippen LogP contribution in [-0.4, -0.2) is 36.9 Å². The van der Waals surface area contributed by atoms with Crippen molar-refractivity contribution in [3.63, 3.8) is 0 Å². The molecule has 6 nitrogen and oxygen atoms in total. The lowest BCUT2D eigenvalue weighted by Gasteiger charge is -2.28. The van der Waals surface area contributed by atoms with Crippen LogP contribution in [0.2, 0.25) is 0 Å². The predicted molar refractivity (Wildman–Crippen MR) is 98.0 cm³/mol. The molecule has 4 rings (SSSR count). The molecule has 0 unspecified atom stereocenters. The van der Waals surface area contributed by atoms with E-state index in [9.17, 15) is 4.79 Å². The van der Waals surface area contributed by atoms with E-state index in [-0.39, 0.29) is 0 Å². The molecule has 1 N–H and O–H groups in total. The van der Waals surface area contributed by atoms with Crippen molar-refractivity contribution < 1.29 is 4.79 Å². The lowest BCUT2D eigenvalue weighted by atomic mass is 9.71. The number of hydrogen-bond donors (Lipinski definition) is 1. The summed E-state index contributed by atoms with van der Waals surface area (Å²) in [5.41, 5.74) is 4.23. The molecule has 2 aliphatic heterocycles. The molecule has 2 aliphatic rings. The van der Waals surface area contributed by atoms with Crippen molar-refractivity contribution in [3.05, 3.63) is 42.1 Å². The van der Waals surface area contributed by atoms with Crippen LogP contribution in [0.4, 0.5) is 17.2 Å². The fourth-order valence-corrected chi connectivity index (χ4v) is 3.05. The number of hydrogen-bond acceptors (Lipinski definition) is 5. The second-order valence-electron chi connectivity index (χ2n) is 6.08. The van der Waals surface area contributed by atoms with Gasteiger partial charge in [-0.25, -0.2) is 9.98 Å². The molecule has 25 heavy (non-hydrogen) atoms. The molecule has 0 amide bonds. The fourth-order valence-electron chi connectivity index (χ4n) is 3.05. The third kappa shape index (κ3) is 3.24. The molecule has 0 atom stereocenters. The van der Waals surface area contributed by atoms with Crippen LogP contribution in [0.25, 0.3) is 0 Å². The number of ketones is 1. The minimum atomic E-state index is 0.324. The number of aromatic nitrogens is 1. The summed E-state index contributed by atoms with van der Waals surface area (Å²) in [5, 5.41) is 12.2. The van der Waals surface area contributed by atoms with Crippen LogP contribution < -0.4 is 15.7 Å². The number of carbonyl (C=O) groups excluding carboxylic acids is 1. The van der Waals surface area contributed by atoms with Gasteiger partial charge in [0, 0.05) is 49.6 Å². The van der Waals surface area contributed by atoms with E-state index in [1.807, 2.05) is 31.5 Å². The summed E-state index contributed by atoms with van der Waals surface area (Å²) in [6, 6.07) is 11.5. The van der Waals surface area contributed by atoms with E-state index in [0.717, 1.165) is 29.9 Å². The Balaban J connectivity index is 1.53. The molecule has 1 aromatic carbocycles. The maximum absolute atomic E-state index is 11.4. The van der Waals surface area contributed by atoms with E-state index < -0.39 is 0 Å². The van der Waals surface area contributed by atoms with Gasteiger partial charge in [-0.05, 0) is 24.3 Å². The Morgan fingerprint density at radius 2 is 2.08 bits per heavy atom. The number of pyridine rings is 1. The molecule has 0 spiro atoms. The highest BCUT2D eigenvalue weighted by atomic mass is 16.1. The van der Waals surface area contributed by atoms with Crippen molar-refractivity contribution in [1.29, 1.82) is 5.26 Å². The third-order valence-corrected chi connectivity index (χ3v) is 4.39. The number of aliphatic imine (C=N–C) groups is 1. The Kier molecular flexibility index (Phi) is 3.94. The van der Waals surface area contributed by atoms with Crippen molar-refractivity contribution >= 4 is 41.5 Å². The van der Waals surface area contributed by atoms with Crippen molar-refractivity contribution in [1.82, 2.24) is 4.98 Å². The van der Waals surface area contributed by atoms with Gasteiger partial charge in [0.15, 0.2) is 5.82 Å². The second-order valence-corrected chi connectivity index (χ2v) is 6.08. The summed E-state index contributed by atoms with van der Waals surface area (Å²) >= 11 is 0. The molecule has 3 heterocycles. The number of rotatable bonds is 2. The Labute approximate surface area is 146 Å². The minimum absolute atomic E-state index is 0.324. The Hall–Kier alpha value is -3.14. The second kappa shape index (κ2) is 6.40. The van der Waals surface area contributed by atoms with Gasteiger partial charge in [-0.1, -0.05) is 5.46 Å². The van der Waals surface area contributed by atoms with Gasteiger partial charge in [0.1, 0.15) is 5.78 Å². The van der Waals surface area contributed by atoms with Crippen LogP contribution in [0.1, 0.15) is 18.4 Å². The standard InChI is InChI=1S/C18H15BN5O/c20-11-12-1-2-16-15(9-12)19-18(22-16)23-17-10-13(3-6-21-17)24-7-4-14(25)5-8-24/h1-3,6,9-10H,4-5,7-8H2,(H,21,22,23). The Morgan fingerprint density at radius 1 is 1.24 bits per heavy atom. The van der Waals surface area contributed by atoms with Crippen molar-refractivity contribution in [2.45, 2.75) is 12.8 Å². The summed E-state index contributed by atoms with van der Waals surface area (Å²) in [5.74, 6) is 0.937. The average Bonchev–Trinajstić information content (AvgIpc) is 3.03. The lowest BCUT2D eigenvalue weighted by molar-refractivity contribution is -0.119. The van der Waals surface area contributed by atoms with Gasteiger partial charge in [0.2, 0.25) is 7.28 Å². The van der Waals surface area contributed by atoms with E-state index in [2.05, 4.69) is 26.3 Å². The first kappa shape index (κ1) is 15.4. The van der Waals surface area contributed by atoms with Crippen molar-refractivity contribution in [3.8, 4) is 6.07 Å². The van der Waals surface area contributed by atoms with Crippen LogP contribution in [-0.2, 0) is 4.79 Å². The highest BCUT2D eigenvalue weighted by Gasteiger charge is 2.19. The van der Waals surface area contributed by atoms with Gasteiger partial charge < -0.3 is 10.2 Å². The maximum atomic E-state index is 11.4. The van der Waals surface area contributed by atoms with E-state index in [4.69, 9.17) is 5.26 Å². The Bertz CT molecular complexity index is 908. The largest absolute Gasteiger partial charge is 0.370 e. The van der Waals surface area contributed by atoms with Crippen LogP contribution >= 0.6 is 0 Å². The van der Waals surface area contributed by atoms with Crippen LogP contribution in [0.3, 0.4) is 0 Å². The summed E-state index contributed by atoms with van der Waals surface area (Å²) in [4.78, 5) is 22.5. The third-order valence-electron chi connectivity index (χ3n) is 4.39. The first-order valence-corrected chi connectivity index (χ1v) is 8.18. The lowest BCUT2D eigenvalue weighted by Crippen LogP contribution is -2.33. The van der Waals surface area contributed by atoms with Crippen molar-refractivity contribution in [2.24, 2.45) is 4.99 Å². The van der Waals surface area contributed by atoms with Gasteiger partial charge in [0.05, 0.1) is 17.4 Å². The molecule has 2 aromatic rings. The van der Waals surface area contributed by atoms with E-state index in [1.165, 1.54) is 0 Å². The first-order valence-electron chi connectivity index (χ1n) is 8.18. The first-order chi connectivity index (χ1) is 12.2. The van der Waals surface area contributed by atoms with Gasteiger partial charge in [-0.2, -0.15) is 5.26 Å². The van der Waals surface area contributed by atoms with E-state index >= 15 is 0 Å². The monoisotopic (exact) mass is 328 g/mol. The number of amidine groups is 1. The van der Waals surface area contributed by atoms with Crippen LogP contribution in [0.15, 0.2) is 41.5 Å². The van der Waals surface area contributed by atoms with Gasteiger partial charge in [0.25, 0.3) is 0 Å². The number of anilines is 2. The molecule has 1 fully saturated rings. The average molecular weight is 328 g/mol. The predicted octanol–water partition coefficient (Wildman–Crippen LogP) is 1.57. The Morgan fingerprint density at radius 3 is 2.88 bits per heavy atom. The molecule has 0 saturated carbocycles. The number of nitrogens with one attached hydrogen (secondary N) is 1. The van der Waals surface area contributed by atoms with Gasteiger partial charge >= 0.3 is 0 Å². The zero-order valence-electron chi connectivity index (χ0n) is 13.6. The molecule has 0 aliphatic carbocycles. The topological polar surface area (TPSA) is 81.4 Å². The molecule has 121 valence electrons. The molecular weight excluding hydrogens is 313 g/mol. The zero-order valence-corrected chi connectivity index (χ0v) is 13.6. The minimum Gasteiger partial charge on any atom is -0.370 e. The van der Waals surface area contributed by atoms with Gasteiger partial charge in [-0.15, -0.1) is 0 Å². The fraction of sp³-hybridized carbons (Fsp3) is 0.222. The van der Waals surface area contributed by atoms with E-state index in [1.54, 1.807) is 12.3 Å². The summed E-state index contributed by atoms with van der Waals surface area (Å²) in [6.45, 7) is 1.48. The zero-order chi connectivity index (χ0) is 17.2. The summed E-state index contributed by atoms with van der Waals surface area (Å²) in [7, 11) is 1.91. The molecule has 0 bridgehead atoms. The molecular formula is C18H15BN5O. The summed E-state index contributed by atoms with van der Waals surface area (Å²) < 4.78 is 0. The highest BCUT2D eigenvalue weighted by Crippen LogP contribution is 2.22. The summed E-state index contributed by atoms with van der Waals surface area (Å²) in [6.07, 6.45) is 2.93. The number of carbonyl (C=O) groups is 1. The maximum Gasteiger partial charge on any atom is 0.243 e. The van der Waals surface area contributed by atoms with Crippen LogP contribution in [0, 0.1) is 11.3 Å². The number of benzene rings is 1. The highest BCUT2D eigenvalue weighted by molar-refractivity contribution is 6.90. The van der Waals surface area contributed by atoms with E-state index in [0.29, 0.717) is 35.7 Å². The molecule has 1 aromatic heterocycles. The molecule has 1 radical (unpaired) electrons. The number of Topliss-reactive ketones (excluding diaryl/α,β-unsaturated/α-hetero) is 1. The SMILES string of the molecule is N#Cc1ccc2c(c1)[B]C(=Nc1cc(N3CCC(=O)CC3)ccn1)N2. The normalized spacial score (nSPS) is 17.6. The molecule has 7 heteroatoms. The smallest absolute Gasteiger partial charge is 0.243 e. The number of nitrogens with zero attached hydrogens (tertiary/aromatic N) is 4. The number of fused-ring (bicyclic) bond motifs is 1. The number of nitriles is 1.